The zero-order valence-corrected chi connectivity index (χ0v) is 19.4. The molecule has 166 valence electrons. The number of ether oxygens (including phenoxy) is 2. The van der Waals surface area contributed by atoms with Crippen molar-refractivity contribution in [2.45, 2.75) is 17.8 Å². The van der Waals surface area contributed by atoms with Gasteiger partial charge in [0.15, 0.2) is 11.0 Å². The first-order valence-electron chi connectivity index (χ1n) is 10.5. The number of hydrogen-bond acceptors (Lipinski definition) is 6. The molecule has 3 heterocycles. The van der Waals surface area contributed by atoms with Gasteiger partial charge in [-0.3, -0.25) is 4.57 Å². The minimum atomic E-state index is 0.678. The van der Waals surface area contributed by atoms with Crippen LogP contribution in [-0.4, -0.2) is 38.4 Å². The zero-order valence-electron chi connectivity index (χ0n) is 18.6. The molecule has 8 heteroatoms. The number of rotatable bonds is 7. The fourth-order valence-electron chi connectivity index (χ4n) is 3.62. The van der Waals surface area contributed by atoms with Gasteiger partial charge in [0.1, 0.15) is 17.1 Å². The van der Waals surface area contributed by atoms with Gasteiger partial charge in [-0.15, -0.1) is 10.2 Å². The van der Waals surface area contributed by atoms with Crippen LogP contribution in [0.15, 0.2) is 78.2 Å². The number of aryl methyl sites for hydroxylation is 1. The van der Waals surface area contributed by atoms with Crippen molar-refractivity contribution in [3.8, 4) is 28.6 Å². The second kappa shape index (κ2) is 8.99. The predicted octanol–water partition coefficient (Wildman–Crippen LogP) is 5.20. The van der Waals surface area contributed by atoms with Crippen LogP contribution >= 0.6 is 11.8 Å². The van der Waals surface area contributed by atoms with Crippen molar-refractivity contribution in [2.24, 2.45) is 0 Å². The third-order valence-electron chi connectivity index (χ3n) is 5.31. The van der Waals surface area contributed by atoms with Crippen LogP contribution in [0, 0.1) is 6.92 Å². The van der Waals surface area contributed by atoms with Crippen molar-refractivity contribution < 1.29 is 9.47 Å². The van der Waals surface area contributed by atoms with Crippen LogP contribution in [0.2, 0.25) is 0 Å². The van der Waals surface area contributed by atoms with E-state index in [4.69, 9.17) is 14.5 Å². The van der Waals surface area contributed by atoms with Crippen LogP contribution < -0.4 is 9.47 Å². The molecule has 0 fully saturated rings. The first kappa shape index (κ1) is 21.1. The van der Waals surface area contributed by atoms with Crippen LogP contribution in [0.5, 0.6) is 11.5 Å². The number of fused-ring (bicyclic) bond motifs is 1. The molecule has 0 amide bonds. The molecule has 0 aliphatic rings. The lowest BCUT2D eigenvalue weighted by Crippen LogP contribution is -2.00. The Morgan fingerprint density at radius 1 is 0.818 bits per heavy atom. The molecule has 0 bridgehead atoms. The highest BCUT2D eigenvalue weighted by molar-refractivity contribution is 7.98. The largest absolute Gasteiger partial charge is 0.497 e. The van der Waals surface area contributed by atoms with E-state index >= 15 is 0 Å². The second-order valence-corrected chi connectivity index (χ2v) is 8.50. The van der Waals surface area contributed by atoms with E-state index in [1.165, 1.54) is 5.56 Å². The van der Waals surface area contributed by atoms with Crippen molar-refractivity contribution in [1.29, 1.82) is 0 Å². The first-order valence-corrected chi connectivity index (χ1v) is 11.4. The maximum absolute atomic E-state index is 5.33. The molecule has 2 aromatic carbocycles. The highest BCUT2D eigenvalue weighted by Gasteiger charge is 2.17. The van der Waals surface area contributed by atoms with E-state index < -0.39 is 0 Å². The Kier molecular flexibility index (Phi) is 5.75. The summed E-state index contributed by atoms with van der Waals surface area (Å²) in [5, 5.41) is 9.83. The summed E-state index contributed by atoms with van der Waals surface area (Å²) in [6.07, 6.45) is 4.14. The van der Waals surface area contributed by atoms with Crippen molar-refractivity contribution in [3.05, 3.63) is 84.3 Å². The van der Waals surface area contributed by atoms with Gasteiger partial charge >= 0.3 is 0 Å². The summed E-state index contributed by atoms with van der Waals surface area (Å²) in [6, 6.07) is 19.8. The number of nitrogens with zero attached hydrogens (tertiary/aromatic N) is 5. The van der Waals surface area contributed by atoms with Gasteiger partial charge in [-0.2, -0.15) is 0 Å². The Morgan fingerprint density at radius 3 is 2.21 bits per heavy atom. The number of benzene rings is 2. The van der Waals surface area contributed by atoms with Gasteiger partial charge in [0.25, 0.3) is 0 Å². The van der Waals surface area contributed by atoms with Crippen LogP contribution in [0.1, 0.15) is 11.3 Å². The number of thioether (sulfide) groups is 1. The second-order valence-electron chi connectivity index (χ2n) is 7.56. The summed E-state index contributed by atoms with van der Waals surface area (Å²) in [4.78, 5) is 4.73. The lowest BCUT2D eigenvalue weighted by molar-refractivity contribution is 0.414. The molecule has 0 aliphatic carbocycles. The van der Waals surface area contributed by atoms with E-state index in [9.17, 15) is 0 Å². The van der Waals surface area contributed by atoms with Gasteiger partial charge in [0.05, 0.1) is 19.9 Å². The SMILES string of the molecule is COc1ccc(-c2nnc(SCc3cn4cc(C)ccc4n3)n2-c2ccc(OC)cc2)cc1. The average molecular weight is 458 g/mol. The minimum absolute atomic E-state index is 0.678. The number of methoxy groups -OCH3 is 2. The van der Waals surface area contributed by atoms with E-state index in [2.05, 4.69) is 44.5 Å². The van der Waals surface area contributed by atoms with Crippen molar-refractivity contribution in [1.82, 2.24) is 24.1 Å². The van der Waals surface area contributed by atoms with Crippen LogP contribution in [0.25, 0.3) is 22.7 Å². The number of imidazole rings is 1. The minimum Gasteiger partial charge on any atom is -0.497 e. The van der Waals surface area contributed by atoms with Crippen LogP contribution in [-0.2, 0) is 5.75 Å². The maximum atomic E-state index is 5.33. The van der Waals surface area contributed by atoms with E-state index in [0.29, 0.717) is 5.75 Å². The summed E-state index contributed by atoms with van der Waals surface area (Å²) in [5.74, 6) is 3.03. The van der Waals surface area contributed by atoms with Gasteiger partial charge in [-0.25, -0.2) is 4.98 Å². The summed E-state index contributed by atoms with van der Waals surface area (Å²) in [5.41, 5.74) is 5.03. The molecule has 5 aromatic rings. The highest BCUT2D eigenvalue weighted by Crippen LogP contribution is 2.31. The van der Waals surface area contributed by atoms with Gasteiger partial charge in [0, 0.05) is 29.4 Å². The molecule has 0 saturated carbocycles. The van der Waals surface area contributed by atoms with Crippen molar-refractivity contribution in [2.75, 3.05) is 14.2 Å². The quantitative estimate of drug-likeness (QED) is 0.313. The molecule has 0 atom stereocenters. The Labute approximate surface area is 196 Å². The summed E-state index contributed by atoms with van der Waals surface area (Å²) in [7, 11) is 3.32. The van der Waals surface area contributed by atoms with Crippen molar-refractivity contribution in [3.63, 3.8) is 0 Å². The number of pyridine rings is 1. The lowest BCUT2D eigenvalue weighted by atomic mass is 10.2. The molecule has 0 aliphatic heterocycles. The first-order chi connectivity index (χ1) is 16.1. The molecule has 7 nitrogen and oxygen atoms in total. The highest BCUT2D eigenvalue weighted by atomic mass is 32.2. The smallest absolute Gasteiger partial charge is 0.196 e. The fraction of sp³-hybridized carbons (Fsp3) is 0.160. The monoisotopic (exact) mass is 457 g/mol. The maximum Gasteiger partial charge on any atom is 0.196 e. The molecule has 0 radical (unpaired) electrons. The Morgan fingerprint density at radius 2 is 1.52 bits per heavy atom. The predicted molar refractivity (Wildman–Crippen MR) is 129 cm³/mol. The standard InChI is InChI=1S/C25H23N5O2S/c1-17-4-13-23-26-19(15-29(23)14-17)16-33-25-28-27-24(18-5-9-21(31-2)10-6-18)30(25)20-7-11-22(32-3)12-8-20/h4-15H,16H2,1-3H3. The van der Waals surface area contributed by atoms with Crippen LogP contribution in [0.3, 0.4) is 0 Å². The molecular weight excluding hydrogens is 434 g/mol. The molecular formula is C25H23N5O2S. The third-order valence-corrected chi connectivity index (χ3v) is 6.27. The Balaban J connectivity index is 1.50. The third kappa shape index (κ3) is 4.29. The lowest BCUT2D eigenvalue weighted by Gasteiger charge is -2.11. The van der Waals surface area contributed by atoms with E-state index in [1.54, 1.807) is 26.0 Å². The Hall–Kier alpha value is -3.78. The average Bonchev–Trinajstić information content (AvgIpc) is 3.46. The van der Waals surface area contributed by atoms with Crippen molar-refractivity contribution >= 4 is 17.4 Å². The van der Waals surface area contributed by atoms with Gasteiger partial charge < -0.3 is 13.9 Å². The normalized spacial score (nSPS) is 11.1. The number of hydrogen-bond donors (Lipinski definition) is 0. The van der Waals surface area contributed by atoms with E-state index in [-0.39, 0.29) is 0 Å². The van der Waals surface area contributed by atoms with E-state index in [1.807, 2.05) is 54.6 Å². The number of aromatic nitrogens is 5. The zero-order chi connectivity index (χ0) is 22.8. The molecule has 33 heavy (non-hydrogen) atoms. The topological polar surface area (TPSA) is 66.5 Å². The van der Waals surface area contributed by atoms with Crippen LogP contribution in [0.4, 0.5) is 0 Å². The summed E-state index contributed by atoms with van der Waals surface area (Å²) < 4.78 is 14.7. The fourth-order valence-corrected chi connectivity index (χ4v) is 4.45. The molecule has 3 aromatic heterocycles. The Bertz CT molecular complexity index is 1390. The van der Waals surface area contributed by atoms with E-state index in [0.717, 1.165) is 45.1 Å². The summed E-state index contributed by atoms with van der Waals surface area (Å²) in [6.45, 7) is 2.08. The van der Waals surface area contributed by atoms with Gasteiger partial charge in [-0.05, 0) is 67.1 Å². The van der Waals surface area contributed by atoms with Gasteiger partial charge in [-0.1, -0.05) is 17.8 Å². The summed E-state index contributed by atoms with van der Waals surface area (Å²) >= 11 is 1.61. The molecule has 0 N–H and O–H groups in total. The molecule has 0 unspecified atom stereocenters. The van der Waals surface area contributed by atoms with Gasteiger partial charge in [0.2, 0.25) is 0 Å². The molecule has 0 saturated heterocycles. The molecule has 0 spiro atoms. The molecule has 5 rings (SSSR count).